The normalized spacial score (nSPS) is 11.9. The van der Waals surface area contributed by atoms with Gasteiger partial charge in [-0.1, -0.05) is 43.6 Å². The number of alkyl carbamates (subject to hydrolysis) is 1. The number of carbonyl (C=O) groups excluding carboxylic acids is 2. The number of carbonyl (C=O) groups is 2. The fraction of sp³-hybridized carbons (Fsp3) is 0.500. The number of hydrogen-bond donors (Lipinski definition) is 1. The van der Waals surface area contributed by atoms with Crippen molar-refractivity contribution in [3.8, 4) is 0 Å². The fourth-order valence-corrected chi connectivity index (χ4v) is 2.06. The highest BCUT2D eigenvalue weighted by Gasteiger charge is 2.23. The quantitative estimate of drug-likeness (QED) is 0.778. The van der Waals surface area contributed by atoms with E-state index in [2.05, 4.69) is 5.32 Å². The van der Waals surface area contributed by atoms with Gasteiger partial charge >= 0.3 is 12.1 Å². The molecule has 1 aromatic carbocycles. The number of ether oxygens (including phenoxy) is 2. The summed E-state index contributed by atoms with van der Waals surface area (Å²) in [7, 11) is 0. The van der Waals surface area contributed by atoms with Crippen LogP contribution < -0.4 is 5.32 Å². The van der Waals surface area contributed by atoms with Gasteiger partial charge in [-0.15, -0.1) is 0 Å². The Morgan fingerprint density at radius 1 is 1.23 bits per heavy atom. The van der Waals surface area contributed by atoms with Gasteiger partial charge in [0.15, 0.2) is 0 Å². The highest BCUT2D eigenvalue weighted by Crippen LogP contribution is 2.15. The van der Waals surface area contributed by atoms with Crippen molar-refractivity contribution in [2.45, 2.75) is 39.8 Å². The summed E-state index contributed by atoms with van der Waals surface area (Å²) < 4.78 is 10.1. The molecule has 0 aliphatic rings. The van der Waals surface area contributed by atoms with E-state index in [-0.39, 0.29) is 19.1 Å². The molecule has 122 valence electrons. The second-order valence-corrected chi connectivity index (χ2v) is 5.65. The summed E-state index contributed by atoms with van der Waals surface area (Å²) in [5.41, 5.74) is 0.705. The van der Waals surface area contributed by atoms with Gasteiger partial charge in [-0.05, 0) is 25.3 Å². The first-order chi connectivity index (χ1) is 10.4. The van der Waals surface area contributed by atoms with Crippen molar-refractivity contribution in [2.75, 3.05) is 6.61 Å². The van der Waals surface area contributed by atoms with Gasteiger partial charge in [-0.2, -0.15) is 0 Å². The maximum absolute atomic E-state index is 11.8. The molecule has 0 saturated carbocycles. The lowest BCUT2D eigenvalue weighted by molar-refractivity contribution is -0.146. The van der Waals surface area contributed by atoms with E-state index in [0.29, 0.717) is 17.0 Å². The minimum Gasteiger partial charge on any atom is -0.464 e. The van der Waals surface area contributed by atoms with E-state index >= 15 is 0 Å². The minimum atomic E-state index is -0.710. The Morgan fingerprint density at radius 2 is 1.91 bits per heavy atom. The first-order valence-electron chi connectivity index (χ1n) is 7.27. The van der Waals surface area contributed by atoms with Gasteiger partial charge in [-0.3, -0.25) is 0 Å². The SMILES string of the molecule is CCOC(=O)[C@H](CC(C)C)NC(=O)OCc1ccccc1Cl. The van der Waals surface area contributed by atoms with Crippen LogP contribution in [0.5, 0.6) is 0 Å². The third-order valence-electron chi connectivity index (χ3n) is 2.89. The highest BCUT2D eigenvalue weighted by molar-refractivity contribution is 6.31. The Hall–Kier alpha value is -1.75. The van der Waals surface area contributed by atoms with Crippen LogP contribution >= 0.6 is 11.6 Å². The van der Waals surface area contributed by atoms with E-state index in [0.717, 1.165) is 0 Å². The number of esters is 1. The molecular formula is C16H22ClNO4. The molecule has 0 radical (unpaired) electrons. The Kier molecular flexibility index (Phi) is 7.74. The molecule has 0 aromatic heterocycles. The van der Waals surface area contributed by atoms with Crippen molar-refractivity contribution in [1.82, 2.24) is 5.32 Å². The van der Waals surface area contributed by atoms with Crippen molar-refractivity contribution in [2.24, 2.45) is 5.92 Å². The number of amides is 1. The van der Waals surface area contributed by atoms with E-state index in [9.17, 15) is 9.59 Å². The van der Waals surface area contributed by atoms with Gasteiger partial charge in [-0.25, -0.2) is 9.59 Å². The van der Waals surface area contributed by atoms with Crippen LogP contribution in [0.15, 0.2) is 24.3 Å². The maximum atomic E-state index is 11.8. The Balaban J connectivity index is 2.55. The second-order valence-electron chi connectivity index (χ2n) is 5.25. The third kappa shape index (κ3) is 6.35. The second kappa shape index (κ2) is 9.30. The van der Waals surface area contributed by atoms with E-state index < -0.39 is 18.1 Å². The minimum absolute atomic E-state index is 0.0444. The smallest absolute Gasteiger partial charge is 0.408 e. The highest BCUT2D eigenvalue weighted by atomic mass is 35.5. The Bertz CT molecular complexity index is 505. The molecule has 0 saturated heterocycles. The lowest BCUT2D eigenvalue weighted by atomic mass is 10.0. The molecule has 0 bridgehead atoms. The number of nitrogens with one attached hydrogen (secondary N) is 1. The van der Waals surface area contributed by atoms with Gasteiger partial charge in [0.2, 0.25) is 0 Å². The van der Waals surface area contributed by atoms with E-state index in [1.165, 1.54) is 0 Å². The van der Waals surface area contributed by atoms with Gasteiger partial charge < -0.3 is 14.8 Å². The van der Waals surface area contributed by atoms with Crippen LogP contribution in [0.2, 0.25) is 5.02 Å². The van der Waals surface area contributed by atoms with E-state index in [1.807, 2.05) is 19.9 Å². The van der Waals surface area contributed by atoms with Crippen molar-refractivity contribution in [3.63, 3.8) is 0 Å². The van der Waals surface area contributed by atoms with Crippen LogP contribution in [0, 0.1) is 5.92 Å². The lowest BCUT2D eigenvalue weighted by Crippen LogP contribution is -2.42. The van der Waals surface area contributed by atoms with Gasteiger partial charge in [0, 0.05) is 10.6 Å². The van der Waals surface area contributed by atoms with E-state index in [1.54, 1.807) is 25.1 Å². The summed E-state index contributed by atoms with van der Waals surface area (Å²) >= 11 is 5.99. The number of halogens is 1. The molecule has 0 unspecified atom stereocenters. The summed E-state index contributed by atoms with van der Waals surface area (Å²) in [6.07, 6.45) is -0.182. The molecule has 1 amide bonds. The summed E-state index contributed by atoms with van der Waals surface area (Å²) in [4.78, 5) is 23.7. The van der Waals surface area contributed by atoms with Crippen molar-refractivity contribution >= 4 is 23.7 Å². The molecule has 0 spiro atoms. The summed E-state index contributed by atoms with van der Waals surface area (Å²) in [6.45, 7) is 5.96. The van der Waals surface area contributed by atoms with Gasteiger partial charge in [0.25, 0.3) is 0 Å². The van der Waals surface area contributed by atoms with Crippen LogP contribution in [-0.2, 0) is 20.9 Å². The first kappa shape index (κ1) is 18.3. The molecule has 0 heterocycles. The van der Waals surface area contributed by atoms with Gasteiger partial charge in [0.1, 0.15) is 12.6 Å². The number of hydrogen-bond acceptors (Lipinski definition) is 4. The fourth-order valence-electron chi connectivity index (χ4n) is 1.87. The third-order valence-corrected chi connectivity index (χ3v) is 3.26. The predicted molar refractivity (Wildman–Crippen MR) is 84.6 cm³/mol. The number of rotatable bonds is 7. The van der Waals surface area contributed by atoms with Crippen LogP contribution in [0.4, 0.5) is 4.79 Å². The molecule has 1 atom stereocenters. The van der Waals surface area contributed by atoms with Gasteiger partial charge in [0.05, 0.1) is 6.61 Å². The molecule has 0 aliphatic carbocycles. The number of benzene rings is 1. The largest absolute Gasteiger partial charge is 0.464 e. The zero-order chi connectivity index (χ0) is 16.5. The molecule has 1 aromatic rings. The zero-order valence-electron chi connectivity index (χ0n) is 13.1. The molecule has 5 nitrogen and oxygen atoms in total. The van der Waals surface area contributed by atoms with Crippen LogP contribution in [0.3, 0.4) is 0 Å². The average Bonchev–Trinajstić information content (AvgIpc) is 2.45. The zero-order valence-corrected chi connectivity index (χ0v) is 13.9. The van der Waals surface area contributed by atoms with Crippen molar-refractivity contribution in [1.29, 1.82) is 0 Å². The topological polar surface area (TPSA) is 64.6 Å². The predicted octanol–water partition coefficient (Wildman–Crippen LogP) is 3.54. The Morgan fingerprint density at radius 3 is 2.50 bits per heavy atom. The monoisotopic (exact) mass is 327 g/mol. The summed E-state index contributed by atoms with van der Waals surface area (Å²) in [5, 5.41) is 3.07. The molecular weight excluding hydrogens is 306 g/mol. The standard InChI is InChI=1S/C16H22ClNO4/c1-4-21-15(19)14(9-11(2)3)18-16(20)22-10-12-7-5-6-8-13(12)17/h5-8,11,14H,4,9-10H2,1-3H3,(H,18,20)/t14-/m0/s1. The molecule has 1 N–H and O–H groups in total. The summed E-state index contributed by atoms with van der Waals surface area (Å²) in [5.74, 6) is -0.218. The summed E-state index contributed by atoms with van der Waals surface area (Å²) in [6, 6.07) is 6.39. The van der Waals surface area contributed by atoms with Crippen LogP contribution in [-0.4, -0.2) is 24.7 Å². The van der Waals surface area contributed by atoms with Crippen molar-refractivity contribution in [3.05, 3.63) is 34.9 Å². The molecule has 0 aliphatic heterocycles. The Labute approximate surface area is 135 Å². The molecule has 0 fully saturated rings. The first-order valence-corrected chi connectivity index (χ1v) is 7.65. The average molecular weight is 328 g/mol. The maximum Gasteiger partial charge on any atom is 0.408 e. The van der Waals surface area contributed by atoms with Crippen LogP contribution in [0.1, 0.15) is 32.8 Å². The lowest BCUT2D eigenvalue weighted by Gasteiger charge is -2.18. The molecule has 22 heavy (non-hydrogen) atoms. The van der Waals surface area contributed by atoms with Crippen molar-refractivity contribution < 1.29 is 19.1 Å². The molecule has 6 heteroatoms. The molecule has 1 rings (SSSR count). The van der Waals surface area contributed by atoms with E-state index in [4.69, 9.17) is 21.1 Å². The van der Waals surface area contributed by atoms with Crippen LogP contribution in [0.25, 0.3) is 0 Å².